The van der Waals surface area contributed by atoms with Gasteiger partial charge in [0.05, 0.1) is 11.6 Å². The number of carbonyl (C=O) groups is 2. The van der Waals surface area contributed by atoms with E-state index in [2.05, 4.69) is 4.98 Å². The Morgan fingerprint density at radius 1 is 1.07 bits per heavy atom. The van der Waals surface area contributed by atoms with Crippen molar-refractivity contribution in [2.45, 2.75) is 25.8 Å². The molecule has 2 aromatic carbocycles. The summed E-state index contributed by atoms with van der Waals surface area (Å²) in [5, 5.41) is 10.7. The summed E-state index contributed by atoms with van der Waals surface area (Å²) in [6, 6.07) is 20.0. The molecule has 0 saturated carbocycles. The number of hydrogen-bond acceptors (Lipinski definition) is 4. The van der Waals surface area contributed by atoms with E-state index in [1.54, 1.807) is 24.5 Å². The zero-order valence-corrected chi connectivity index (χ0v) is 16.7. The lowest BCUT2D eigenvalue weighted by atomic mass is 9.94. The number of aliphatic hydroxyl groups excluding tert-OH is 1. The molecule has 0 saturated heterocycles. The van der Waals surface area contributed by atoms with E-state index in [9.17, 15) is 14.7 Å². The molecule has 1 aliphatic heterocycles. The van der Waals surface area contributed by atoms with Crippen LogP contribution in [0.5, 0.6) is 0 Å². The van der Waals surface area contributed by atoms with E-state index in [0.29, 0.717) is 17.7 Å². The Kier molecular flexibility index (Phi) is 5.44. The number of pyridine rings is 1. The predicted molar refractivity (Wildman–Crippen MR) is 115 cm³/mol. The van der Waals surface area contributed by atoms with Crippen LogP contribution in [0.15, 0.2) is 90.5 Å². The Hall–Kier alpha value is -3.73. The number of rotatable bonds is 6. The number of nitrogens with zero attached hydrogens (tertiary/aromatic N) is 2. The standard InChI is InChI=1S/C25H22N2O3/c1-17-7-5-11-20(15-17)27-23(19-10-6-14-26-16-19)22(24(29)25(27)30)21(28)13-12-18-8-3-2-4-9-18/h2-11,14-16,23,29H,12-13H2,1H3. The van der Waals surface area contributed by atoms with Crippen LogP contribution in [0.2, 0.25) is 0 Å². The van der Waals surface area contributed by atoms with Crippen molar-refractivity contribution < 1.29 is 14.7 Å². The molecule has 4 rings (SSSR count). The van der Waals surface area contributed by atoms with Gasteiger partial charge in [0.1, 0.15) is 0 Å². The molecule has 3 aromatic rings. The van der Waals surface area contributed by atoms with Crippen molar-refractivity contribution in [1.82, 2.24) is 4.98 Å². The number of ketones is 1. The van der Waals surface area contributed by atoms with Crippen LogP contribution < -0.4 is 4.90 Å². The molecule has 1 N–H and O–H groups in total. The van der Waals surface area contributed by atoms with Crippen molar-refractivity contribution in [3.63, 3.8) is 0 Å². The van der Waals surface area contributed by atoms with Gasteiger partial charge in [-0.3, -0.25) is 19.5 Å². The number of aromatic nitrogens is 1. The van der Waals surface area contributed by atoms with Gasteiger partial charge >= 0.3 is 0 Å². The van der Waals surface area contributed by atoms with Gasteiger partial charge in [0.15, 0.2) is 11.5 Å². The Bertz CT molecular complexity index is 1110. The largest absolute Gasteiger partial charge is 0.503 e. The summed E-state index contributed by atoms with van der Waals surface area (Å²) in [6.07, 6.45) is 4.01. The van der Waals surface area contributed by atoms with Crippen LogP contribution >= 0.6 is 0 Å². The SMILES string of the molecule is Cc1cccc(N2C(=O)C(O)=C(C(=O)CCc3ccccc3)C2c2cccnc2)c1. The molecule has 0 spiro atoms. The first-order chi connectivity index (χ1) is 14.6. The lowest BCUT2D eigenvalue weighted by molar-refractivity contribution is -0.118. The first kappa shape index (κ1) is 19.6. The molecule has 0 radical (unpaired) electrons. The van der Waals surface area contributed by atoms with Crippen molar-refractivity contribution >= 4 is 17.4 Å². The maximum absolute atomic E-state index is 13.2. The molecule has 1 aromatic heterocycles. The van der Waals surface area contributed by atoms with E-state index < -0.39 is 17.7 Å². The van der Waals surface area contributed by atoms with Gasteiger partial charge in [-0.05, 0) is 48.2 Å². The fourth-order valence-electron chi connectivity index (χ4n) is 3.82. The van der Waals surface area contributed by atoms with Crippen molar-refractivity contribution in [3.05, 3.63) is 107 Å². The molecule has 1 unspecified atom stereocenters. The number of anilines is 1. The van der Waals surface area contributed by atoms with Gasteiger partial charge in [-0.25, -0.2) is 0 Å². The van der Waals surface area contributed by atoms with E-state index in [0.717, 1.165) is 11.1 Å². The van der Waals surface area contributed by atoms with Gasteiger partial charge in [0.2, 0.25) is 0 Å². The van der Waals surface area contributed by atoms with Gasteiger partial charge in [0.25, 0.3) is 5.91 Å². The van der Waals surface area contributed by atoms with Gasteiger partial charge in [-0.2, -0.15) is 0 Å². The molecule has 1 aliphatic rings. The van der Waals surface area contributed by atoms with Crippen LogP contribution in [0.25, 0.3) is 0 Å². The van der Waals surface area contributed by atoms with Crippen molar-refractivity contribution in [2.24, 2.45) is 0 Å². The summed E-state index contributed by atoms with van der Waals surface area (Å²) in [5.41, 5.74) is 3.45. The second kappa shape index (κ2) is 8.33. The highest BCUT2D eigenvalue weighted by Crippen LogP contribution is 2.41. The first-order valence-corrected chi connectivity index (χ1v) is 9.86. The Labute approximate surface area is 175 Å². The van der Waals surface area contributed by atoms with Crippen LogP contribution in [-0.4, -0.2) is 21.8 Å². The van der Waals surface area contributed by atoms with E-state index in [1.165, 1.54) is 4.90 Å². The van der Waals surface area contributed by atoms with Gasteiger partial charge in [-0.1, -0.05) is 48.5 Å². The average molecular weight is 398 g/mol. The Balaban J connectivity index is 1.72. The summed E-state index contributed by atoms with van der Waals surface area (Å²) in [4.78, 5) is 31.9. The molecule has 5 nitrogen and oxygen atoms in total. The smallest absolute Gasteiger partial charge is 0.294 e. The lowest BCUT2D eigenvalue weighted by Crippen LogP contribution is -2.31. The molecule has 5 heteroatoms. The second-order valence-electron chi connectivity index (χ2n) is 7.37. The van der Waals surface area contributed by atoms with Crippen molar-refractivity contribution in [2.75, 3.05) is 4.90 Å². The van der Waals surface area contributed by atoms with E-state index in [4.69, 9.17) is 0 Å². The molecule has 0 aliphatic carbocycles. The number of aryl methyl sites for hydroxylation is 2. The van der Waals surface area contributed by atoms with Gasteiger partial charge < -0.3 is 5.11 Å². The number of aliphatic hydroxyl groups is 1. The molecular formula is C25H22N2O3. The molecule has 1 amide bonds. The molecule has 2 heterocycles. The van der Waals surface area contributed by atoms with Crippen LogP contribution in [0.4, 0.5) is 5.69 Å². The van der Waals surface area contributed by atoms with E-state index in [1.807, 2.05) is 61.5 Å². The third-order valence-electron chi connectivity index (χ3n) is 5.27. The average Bonchev–Trinajstić information content (AvgIpc) is 3.04. The Morgan fingerprint density at radius 3 is 2.57 bits per heavy atom. The molecule has 150 valence electrons. The molecule has 1 atom stereocenters. The molecular weight excluding hydrogens is 376 g/mol. The molecule has 30 heavy (non-hydrogen) atoms. The highest BCUT2D eigenvalue weighted by molar-refractivity contribution is 6.16. The van der Waals surface area contributed by atoms with E-state index in [-0.39, 0.29) is 17.8 Å². The van der Waals surface area contributed by atoms with Crippen LogP contribution in [-0.2, 0) is 16.0 Å². The fraction of sp³-hybridized carbons (Fsp3) is 0.160. The predicted octanol–water partition coefficient (Wildman–Crippen LogP) is 4.49. The zero-order valence-electron chi connectivity index (χ0n) is 16.7. The fourth-order valence-corrected chi connectivity index (χ4v) is 3.82. The highest BCUT2D eigenvalue weighted by Gasteiger charge is 2.44. The Morgan fingerprint density at radius 2 is 1.87 bits per heavy atom. The topological polar surface area (TPSA) is 70.5 Å². The number of benzene rings is 2. The molecule has 0 bridgehead atoms. The van der Waals surface area contributed by atoms with Crippen molar-refractivity contribution in [1.29, 1.82) is 0 Å². The highest BCUT2D eigenvalue weighted by atomic mass is 16.3. The number of amides is 1. The quantitative estimate of drug-likeness (QED) is 0.664. The van der Waals surface area contributed by atoms with Crippen LogP contribution in [0.1, 0.15) is 29.2 Å². The minimum Gasteiger partial charge on any atom is -0.503 e. The maximum atomic E-state index is 13.2. The van der Waals surface area contributed by atoms with E-state index >= 15 is 0 Å². The molecule has 0 fully saturated rings. The summed E-state index contributed by atoms with van der Waals surface area (Å²) >= 11 is 0. The third kappa shape index (κ3) is 3.74. The minimum atomic E-state index is -0.712. The third-order valence-corrected chi connectivity index (χ3v) is 5.27. The summed E-state index contributed by atoms with van der Waals surface area (Å²) < 4.78 is 0. The summed E-state index contributed by atoms with van der Waals surface area (Å²) in [5.74, 6) is -1.30. The lowest BCUT2D eigenvalue weighted by Gasteiger charge is -2.27. The van der Waals surface area contributed by atoms with Gasteiger partial charge in [0, 0.05) is 24.5 Å². The van der Waals surface area contributed by atoms with Crippen LogP contribution in [0, 0.1) is 6.92 Å². The first-order valence-electron chi connectivity index (χ1n) is 9.86. The van der Waals surface area contributed by atoms with Crippen molar-refractivity contribution in [3.8, 4) is 0 Å². The van der Waals surface area contributed by atoms with Crippen LogP contribution in [0.3, 0.4) is 0 Å². The minimum absolute atomic E-state index is 0.130. The zero-order chi connectivity index (χ0) is 21.1. The van der Waals surface area contributed by atoms with Gasteiger partial charge in [-0.15, -0.1) is 0 Å². The number of Topliss-reactive ketones (excluding diaryl/α,β-unsaturated/α-hetero) is 1. The summed E-state index contributed by atoms with van der Waals surface area (Å²) in [7, 11) is 0. The monoisotopic (exact) mass is 398 g/mol. The number of hydrogen-bond donors (Lipinski definition) is 1. The maximum Gasteiger partial charge on any atom is 0.294 e. The number of carbonyl (C=O) groups excluding carboxylic acids is 2. The normalized spacial score (nSPS) is 16.2. The summed E-state index contributed by atoms with van der Waals surface area (Å²) in [6.45, 7) is 1.93. The second-order valence-corrected chi connectivity index (χ2v) is 7.37.